The zero-order chi connectivity index (χ0) is 14.1. The highest BCUT2D eigenvalue weighted by molar-refractivity contribution is 5.96. The van der Waals surface area contributed by atoms with Crippen LogP contribution >= 0.6 is 0 Å². The van der Waals surface area contributed by atoms with Gasteiger partial charge in [0, 0.05) is 24.8 Å². The first kappa shape index (κ1) is 13.3. The van der Waals surface area contributed by atoms with Crippen LogP contribution < -0.4 is 5.73 Å². The van der Waals surface area contributed by atoms with Crippen LogP contribution in [0, 0.1) is 0 Å². The first-order valence-corrected chi connectivity index (χ1v) is 7.04. The second kappa shape index (κ2) is 5.38. The van der Waals surface area contributed by atoms with Crippen LogP contribution in [0.4, 0.5) is 0 Å². The fraction of sp³-hybridized carbons (Fsp3) is 0.571. The number of aliphatic hydroxyl groups excluding tert-OH is 1. The van der Waals surface area contributed by atoms with Crippen LogP contribution in [-0.2, 0) is 6.54 Å². The third-order valence-electron chi connectivity index (χ3n) is 4.45. The molecule has 2 aliphatic rings. The Balaban J connectivity index is 1.82. The number of hydrogen-bond donors (Lipinski definition) is 3. The molecule has 3 rings (SSSR count). The van der Waals surface area contributed by atoms with Crippen molar-refractivity contribution in [2.75, 3.05) is 0 Å². The predicted molar refractivity (Wildman–Crippen MR) is 74.3 cm³/mol. The fourth-order valence-electron chi connectivity index (χ4n) is 3.54. The third-order valence-corrected chi connectivity index (χ3v) is 4.45. The summed E-state index contributed by atoms with van der Waals surface area (Å²) >= 11 is 0. The quantitative estimate of drug-likeness (QED) is 0.326. The second-order valence-electron chi connectivity index (χ2n) is 5.68. The van der Waals surface area contributed by atoms with E-state index in [-0.39, 0.29) is 11.9 Å². The minimum Gasteiger partial charge on any atom is -0.409 e. The number of rotatable bonds is 3. The molecule has 2 fully saturated rings. The summed E-state index contributed by atoms with van der Waals surface area (Å²) in [6.07, 6.45) is 5.44. The molecule has 2 saturated heterocycles. The highest BCUT2D eigenvalue weighted by Crippen LogP contribution is 2.36. The van der Waals surface area contributed by atoms with Crippen LogP contribution in [0.25, 0.3) is 0 Å². The molecule has 108 valence electrons. The van der Waals surface area contributed by atoms with Crippen molar-refractivity contribution in [3.8, 4) is 0 Å². The van der Waals surface area contributed by atoms with Crippen LogP contribution in [0.3, 0.4) is 0 Å². The van der Waals surface area contributed by atoms with Crippen molar-refractivity contribution >= 4 is 5.84 Å². The monoisotopic (exact) mass is 276 g/mol. The average molecular weight is 276 g/mol. The van der Waals surface area contributed by atoms with Crippen LogP contribution in [0.1, 0.15) is 36.9 Å². The molecule has 3 heterocycles. The maximum atomic E-state index is 9.84. The Kier molecular flexibility index (Phi) is 3.58. The van der Waals surface area contributed by atoms with E-state index in [1.165, 1.54) is 0 Å². The second-order valence-corrected chi connectivity index (χ2v) is 5.68. The normalized spacial score (nSPS) is 30.6. The molecular formula is C14H20N4O2. The molecule has 2 bridgehead atoms. The van der Waals surface area contributed by atoms with Gasteiger partial charge in [-0.1, -0.05) is 11.2 Å². The predicted octanol–water partition coefficient (Wildman–Crippen LogP) is 0.664. The number of pyridine rings is 1. The van der Waals surface area contributed by atoms with Crippen molar-refractivity contribution in [1.29, 1.82) is 0 Å². The van der Waals surface area contributed by atoms with Gasteiger partial charge in [-0.15, -0.1) is 0 Å². The number of nitrogens with zero attached hydrogens (tertiary/aromatic N) is 3. The molecule has 1 aromatic rings. The minimum absolute atomic E-state index is 0.0463. The van der Waals surface area contributed by atoms with Crippen molar-refractivity contribution in [2.45, 2.75) is 50.4 Å². The Morgan fingerprint density at radius 3 is 2.75 bits per heavy atom. The van der Waals surface area contributed by atoms with Gasteiger partial charge < -0.3 is 16.0 Å². The van der Waals surface area contributed by atoms with Crippen molar-refractivity contribution < 1.29 is 10.3 Å². The Labute approximate surface area is 117 Å². The summed E-state index contributed by atoms with van der Waals surface area (Å²) in [4.78, 5) is 6.64. The maximum Gasteiger partial charge on any atom is 0.189 e. The topological polar surface area (TPSA) is 95.0 Å². The number of oxime groups is 1. The van der Waals surface area contributed by atoms with E-state index in [1.54, 1.807) is 6.20 Å². The number of fused-ring (bicyclic) bond motifs is 2. The summed E-state index contributed by atoms with van der Waals surface area (Å²) in [7, 11) is 0. The van der Waals surface area contributed by atoms with E-state index in [0.717, 1.165) is 37.8 Å². The minimum atomic E-state index is -0.166. The van der Waals surface area contributed by atoms with Gasteiger partial charge in [0.1, 0.15) is 5.69 Å². The molecule has 2 unspecified atom stereocenters. The van der Waals surface area contributed by atoms with Gasteiger partial charge in [0.15, 0.2) is 5.84 Å². The fourth-order valence-corrected chi connectivity index (χ4v) is 3.54. The Hall–Kier alpha value is -1.66. The summed E-state index contributed by atoms with van der Waals surface area (Å²) in [5, 5.41) is 21.7. The van der Waals surface area contributed by atoms with E-state index >= 15 is 0 Å². The average Bonchev–Trinajstić information content (AvgIpc) is 2.70. The molecule has 6 heteroatoms. The first-order chi connectivity index (χ1) is 9.69. The first-order valence-electron chi connectivity index (χ1n) is 7.04. The van der Waals surface area contributed by atoms with Gasteiger partial charge in [-0.2, -0.15) is 0 Å². The van der Waals surface area contributed by atoms with Gasteiger partial charge >= 0.3 is 0 Å². The number of aliphatic hydroxyl groups is 1. The van der Waals surface area contributed by atoms with Crippen LogP contribution in [0.5, 0.6) is 0 Å². The van der Waals surface area contributed by atoms with Crippen LogP contribution in [-0.4, -0.2) is 44.2 Å². The summed E-state index contributed by atoms with van der Waals surface area (Å²) in [5.41, 5.74) is 7.20. The Bertz CT molecular complexity index is 506. The van der Waals surface area contributed by atoms with Gasteiger partial charge in [0.25, 0.3) is 0 Å². The molecule has 0 spiro atoms. The Morgan fingerprint density at radius 2 is 2.10 bits per heavy atom. The smallest absolute Gasteiger partial charge is 0.189 e. The molecule has 0 radical (unpaired) electrons. The summed E-state index contributed by atoms with van der Waals surface area (Å²) in [6.45, 7) is 0.738. The lowest BCUT2D eigenvalue weighted by Crippen LogP contribution is -2.44. The molecule has 1 aromatic heterocycles. The molecule has 0 saturated carbocycles. The lowest BCUT2D eigenvalue weighted by Gasteiger charge is -2.37. The van der Waals surface area contributed by atoms with E-state index in [2.05, 4.69) is 15.0 Å². The number of amidine groups is 1. The number of piperidine rings is 1. The molecule has 4 N–H and O–H groups in total. The number of aromatic nitrogens is 1. The molecule has 20 heavy (non-hydrogen) atoms. The third kappa shape index (κ3) is 2.36. The molecule has 2 aliphatic heterocycles. The number of nitrogens with two attached hydrogens (primary N) is 1. The van der Waals surface area contributed by atoms with E-state index < -0.39 is 0 Å². The van der Waals surface area contributed by atoms with E-state index in [9.17, 15) is 5.11 Å². The van der Waals surface area contributed by atoms with Crippen molar-refractivity contribution in [2.24, 2.45) is 10.9 Å². The summed E-state index contributed by atoms with van der Waals surface area (Å²) < 4.78 is 0. The molecular weight excluding hydrogens is 256 g/mol. The van der Waals surface area contributed by atoms with Gasteiger partial charge in [-0.3, -0.25) is 9.88 Å². The van der Waals surface area contributed by atoms with Crippen LogP contribution in [0.2, 0.25) is 0 Å². The van der Waals surface area contributed by atoms with E-state index in [4.69, 9.17) is 10.9 Å². The zero-order valence-electron chi connectivity index (χ0n) is 11.3. The molecule has 0 aromatic carbocycles. The van der Waals surface area contributed by atoms with E-state index in [1.807, 2.05) is 12.1 Å². The van der Waals surface area contributed by atoms with Crippen LogP contribution in [0.15, 0.2) is 23.5 Å². The molecule has 0 amide bonds. The van der Waals surface area contributed by atoms with Crippen molar-refractivity contribution in [1.82, 2.24) is 9.88 Å². The zero-order valence-corrected chi connectivity index (χ0v) is 11.3. The van der Waals surface area contributed by atoms with Gasteiger partial charge in [-0.05, 0) is 37.3 Å². The van der Waals surface area contributed by atoms with Crippen molar-refractivity contribution in [3.05, 3.63) is 29.6 Å². The van der Waals surface area contributed by atoms with Crippen molar-refractivity contribution in [3.63, 3.8) is 0 Å². The SMILES string of the molecule is NC(=NO)c1ncccc1CN1C2CCC1CC(O)C2. The highest BCUT2D eigenvalue weighted by Gasteiger charge is 2.40. The highest BCUT2D eigenvalue weighted by atomic mass is 16.4. The molecule has 6 nitrogen and oxygen atoms in total. The molecule has 2 atom stereocenters. The van der Waals surface area contributed by atoms with E-state index in [0.29, 0.717) is 17.8 Å². The summed E-state index contributed by atoms with van der Waals surface area (Å²) in [5.74, 6) is 0.0463. The standard InChI is InChI=1S/C14H20N4O2/c15-14(17-20)13-9(2-1-5-16-13)8-18-10-3-4-11(18)7-12(19)6-10/h1-2,5,10-12,19-20H,3-4,6-8H2,(H2,15,17). The summed E-state index contributed by atoms with van der Waals surface area (Å²) in [6, 6.07) is 4.70. The van der Waals surface area contributed by atoms with Gasteiger partial charge in [-0.25, -0.2) is 0 Å². The van der Waals surface area contributed by atoms with Gasteiger partial charge in [0.05, 0.1) is 6.10 Å². The number of hydrogen-bond acceptors (Lipinski definition) is 5. The Morgan fingerprint density at radius 1 is 1.40 bits per heavy atom. The van der Waals surface area contributed by atoms with Gasteiger partial charge in [0.2, 0.25) is 0 Å². The lowest BCUT2D eigenvalue weighted by molar-refractivity contribution is 0.0309. The maximum absolute atomic E-state index is 9.84. The molecule has 0 aliphatic carbocycles. The largest absolute Gasteiger partial charge is 0.409 e. The lowest BCUT2D eigenvalue weighted by atomic mass is 9.99.